The molecule has 2 rings (SSSR count). The van der Waals surface area contributed by atoms with Crippen LogP contribution in [0.1, 0.15) is 37.0 Å². The van der Waals surface area contributed by atoms with Crippen molar-refractivity contribution in [3.05, 3.63) is 28.4 Å². The molecule has 1 fully saturated rings. The molecule has 1 aliphatic carbocycles. The molecule has 15 heavy (non-hydrogen) atoms. The van der Waals surface area contributed by atoms with E-state index in [1.54, 1.807) is 6.20 Å². The van der Waals surface area contributed by atoms with Crippen LogP contribution < -0.4 is 0 Å². The Labute approximate surface area is 87.2 Å². The van der Waals surface area contributed by atoms with Gasteiger partial charge in [-0.3, -0.25) is 4.68 Å². The zero-order valence-corrected chi connectivity index (χ0v) is 8.32. The summed E-state index contributed by atoms with van der Waals surface area (Å²) in [6.07, 6.45) is 6.30. The van der Waals surface area contributed by atoms with E-state index in [-0.39, 0.29) is 6.54 Å². The highest BCUT2D eigenvalue weighted by molar-refractivity contribution is 5.09. The van der Waals surface area contributed by atoms with E-state index < -0.39 is 6.10 Å². The Bertz CT molecular complexity index is 378. The first-order chi connectivity index (χ1) is 7.31. The highest BCUT2D eigenvalue weighted by Gasteiger charge is 2.20. The van der Waals surface area contributed by atoms with Crippen molar-refractivity contribution in [1.82, 2.24) is 9.78 Å². The average molecular weight is 207 g/mol. The molecule has 80 valence electrons. The maximum absolute atomic E-state index is 9.62. The van der Waals surface area contributed by atoms with Crippen molar-refractivity contribution in [1.29, 1.82) is 0 Å². The van der Waals surface area contributed by atoms with E-state index in [2.05, 4.69) is 15.1 Å². The summed E-state index contributed by atoms with van der Waals surface area (Å²) in [5.41, 5.74) is 8.85. The van der Waals surface area contributed by atoms with Gasteiger partial charge in [-0.15, -0.1) is 0 Å². The lowest BCUT2D eigenvalue weighted by molar-refractivity contribution is 0.186. The summed E-state index contributed by atoms with van der Waals surface area (Å²) in [4.78, 5) is 2.61. The predicted octanol–water partition coefficient (Wildman–Crippen LogP) is 1.95. The third-order valence-corrected chi connectivity index (χ3v) is 2.77. The number of aliphatic hydroxyl groups is 1. The van der Waals surface area contributed by atoms with Crippen LogP contribution >= 0.6 is 0 Å². The van der Waals surface area contributed by atoms with Gasteiger partial charge in [0.1, 0.15) is 0 Å². The van der Waals surface area contributed by atoms with E-state index in [0.29, 0.717) is 11.6 Å². The molecule has 0 aromatic carbocycles. The third kappa shape index (κ3) is 2.11. The van der Waals surface area contributed by atoms with Crippen LogP contribution in [0.3, 0.4) is 0 Å². The second-order valence-electron chi connectivity index (χ2n) is 3.77. The van der Waals surface area contributed by atoms with E-state index in [1.165, 1.54) is 6.42 Å². The molecular weight excluding hydrogens is 194 g/mol. The van der Waals surface area contributed by atoms with Crippen LogP contribution in [0.15, 0.2) is 17.5 Å². The van der Waals surface area contributed by atoms with Crippen LogP contribution in [-0.2, 0) is 0 Å². The fraction of sp³-hybridized carbons (Fsp3) is 0.667. The summed E-state index contributed by atoms with van der Waals surface area (Å²) >= 11 is 0. The lowest BCUT2D eigenvalue weighted by Crippen LogP contribution is -2.17. The van der Waals surface area contributed by atoms with Crippen molar-refractivity contribution in [2.24, 2.45) is 5.11 Å². The van der Waals surface area contributed by atoms with Gasteiger partial charge in [-0.1, -0.05) is 5.11 Å². The Morgan fingerprint density at radius 2 is 2.53 bits per heavy atom. The van der Waals surface area contributed by atoms with Crippen LogP contribution in [0.5, 0.6) is 0 Å². The molecule has 0 aliphatic heterocycles. The van der Waals surface area contributed by atoms with Crippen LogP contribution in [0.25, 0.3) is 10.4 Å². The van der Waals surface area contributed by atoms with Crippen LogP contribution in [0.2, 0.25) is 0 Å². The number of azide groups is 1. The zero-order chi connectivity index (χ0) is 10.7. The molecule has 0 radical (unpaired) electrons. The Morgan fingerprint density at radius 1 is 1.73 bits per heavy atom. The summed E-state index contributed by atoms with van der Waals surface area (Å²) in [6, 6.07) is 0.491. The standard InChI is InChI=1S/C9H13N5O/c10-13-11-5-9(15)7-4-12-14(6-7)8-2-1-3-8/h4,6,8-9,15H,1-3,5H2/t9-/m1/s1. The van der Waals surface area contributed by atoms with Crippen molar-refractivity contribution in [3.63, 3.8) is 0 Å². The number of hydrogen-bond donors (Lipinski definition) is 1. The smallest absolute Gasteiger partial charge is 0.0876 e. The van der Waals surface area contributed by atoms with Gasteiger partial charge in [-0.05, 0) is 24.8 Å². The molecule has 1 heterocycles. The largest absolute Gasteiger partial charge is 0.388 e. The van der Waals surface area contributed by atoms with Crippen molar-refractivity contribution < 1.29 is 5.11 Å². The first-order valence-electron chi connectivity index (χ1n) is 5.04. The number of nitrogens with zero attached hydrogens (tertiary/aromatic N) is 5. The van der Waals surface area contributed by atoms with E-state index in [0.717, 1.165) is 12.8 Å². The van der Waals surface area contributed by atoms with Gasteiger partial charge in [-0.25, -0.2) is 0 Å². The predicted molar refractivity (Wildman–Crippen MR) is 54.1 cm³/mol. The molecule has 0 spiro atoms. The van der Waals surface area contributed by atoms with Crippen molar-refractivity contribution in [3.8, 4) is 0 Å². The van der Waals surface area contributed by atoms with Crippen molar-refractivity contribution in [2.45, 2.75) is 31.4 Å². The molecule has 1 N–H and O–H groups in total. The fourth-order valence-electron chi connectivity index (χ4n) is 1.60. The van der Waals surface area contributed by atoms with Gasteiger partial charge in [0.15, 0.2) is 0 Å². The number of aliphatic hydroxyl groups excluding tert-OH is 1. The quantitative estimate of drug-likeness (QED) is 0.464. The third-order valence-electron chi connectivity index (χ3n) is 2.77. The second-order valence-corrected chi connectivity index (χ2v) is 3.77. The lowest BCUT2D eigenvalue weighted by atomic mass is 9.93. The van der Waals surface area contributed by atoms with Gasteiger partial charge in [-0.2, -0.15) is 5.10 Å². The lowest BCUT2D eigenvalue weighted by Gasteiger charge is -2.25. The van der Waals surface area contributed by atoms with Crippen LogP contribution in [0.4, 0.5) is 0 Å². The highest BCUT2D eigenvalue weighted by Crippen LogP contribution is 2.31. The molecule has 1 atom stereocenters. The Morgan fingerprint density at radius 3 is 3.13 bits per heavy atom. The Balaban J connectivity index is 2.01. The van der Waals surface area contributed by atoms with Crippen LogP contribution in [-0.4, -0.2) is 21.4 Å². The van der Waals surface area contributed by atoms with Crippen LogP contribution in [0, 0.1) is 0 Å². The van der Waals surface area contributed by atoms with E-state index in [9.17, 15) is 5.11 Å². The average Bonchev–Trinajstić information content (AvgIpc) is 2.60. The zero-order valence-electron chi connectivity index (χ0n) is 8.32. The molecule has 0 bridgehead atoms. The molecule has 0 saturated heterocycles. The SMILES string of the molecule is [N-]=[N+]=NC[C@@H](O)c1cnn(C2CCC2)c1. The summed E-state index contributed by atoms with van der Waals surface area (Å²) in [6.45, 7) is 0.0624. The van der Waals surface area contributed by atoms with E-state index >= 15 is 0 Å². The second kappa shape index (κ2) is 4.33. The van der Waals surface area contributed by atoms with E-state index in [1.807, 2.05) is 10.9 Å². The molecule has 0 unspecified atom stereocenters. The number of hydrogen-bond acceptors (Lipinski definition) is 3. The monoisotopic (exact) mass is 207 g/mol. The topological polar surface area (TPSA) is 86.8 Å². The van der Waals surface area contributed by atoms with Gasteiger partial charge in [0, 0.05) is 16.7 Å². The molecular formula is C9H13N5O. The molecule has 1 aliphatic rings. The molecule has 1 aromatic rings. The molecule has 1 saturated carbocycles. The van der Waals surface area contributed by atoms with Gasteiger partial charge >= 0.3 is 0 Å². The molecule has 6 nitrogen and oxygen atoms in total. The van der Waals surface area contributed by atoms with Crippen molar-refractivity contribution in [2.75, 3.05) is 6.54 Å². The molecule has 1 aromatic heterocycles. The minimum Gasteiger partial charge on any atom is -0.388 e. The van der Waals surface area contributed by atoms with Gasteiger partial charge in [0.25, 0.3) is 0 Å². The van der Waals surface area contributed by atoms with E-state index in [4.69, 9.17) is 5.53 Å². The van der Waals surface area contributed by atoms with Gasteiger partial charge in [0.2, 0.25) is 0 Å². The number of rotatable bonds is 4. The summed E-state index contributed by atoms with van der Waals surface area (Å²) in [5, 5.41) is 17.1. The van der Waals surface area contributed by atoms with Gasteiger partial charge < -0.3 is 5.11 Å². The van der Waals surface area contributed by atoms with Crippen molar-refractivity contribution >= 4 is 0 Å². The first kappa shape index (κ1) is 10.0. The minimum atomic E-state index is -0.741. The first-order valence-corrected chi connectivity index (χ1v) is 5.04. The molecule has 6 heteroatoms. The minimum absolute atomic E-state index is 0.0624. The summed E-state index contributed by atoms with van der Waals surface area (Å²) < 4.78 is 1.89. The maximum Gasteiger partial charge on any atom is 0.0876 e. The summed E-state index contributed by atoms with van der Waals surface area (Å²) in [5.74, 6) is 0. The Kier molecular flexibility index (Phi) is 2.89. The highest BCUT2D eigenvalue weighted by atomic mass is 16.3. The fourth-order valence-corrected chi connectivity index (χ4v) is 1.60. The normalized spacial score (nSPS) is 17.9. The summed E-state index contributed by atoms with van der Waals surface area (Å²) in [7, 11) is 0. The number of aromatic nitrogens is 2. The van der Waals surface area contributed by atoms with Gasteiger partial charge in [0.05, 0.1) is 24.9 Å². The molecule has 0 amide bonds. The Hall–Kier alpha value is -1.52. The maximum atomic E-state index is 9.62.